The van der Waals surface area contributed by atoms with Crippen molar-refractivity contribution in [3.05, 3.63) is 59.9 Å². The van der Waals surface area contributed by atoms with Gasteiger partial charge in [-0.15, -0.1) is 11.3 Å². The number of carbonyl (C=O) groups excluding carboxylic acids is 2. The third kappa shape index (κ3) is 5.07. The minimum Gasteiger partial charge on any atom is -0.335 e. The minimum absolute atomic E-state index is 0.0271. The van der Waals surface area contributed by atoms with Crippen molar-refractivity contribution < 1.29 is 9.59 Å². The quantitative estimate of drug-likeness (QED) is 0.177. The summed E-state index contributed by atoms with van der Waals surface area (Å²) < 4.78 is 0. The molecule has 0 saturated heterocycles. The Morgan fingerprint density at radius 2 is 1.93 bits per heavy atom. The second-order valence-electron chi connectivity index (χ2n) is 10.7. The van der Waals surface area contributed by atoms with Crippen LogP contribution in [0.25, 0.3) is 55.4 Å². The Labute approximate surface area is 245 Å². The maximum atomic E-state index is 12.7. The standard InChI is InChI=1S/C31H28N8O2S/c1-17(40)24-9-10-25(42-24)21-11-12-33-30-27(21)36-31(37-30)29-28-23(38-39-29)8-7-22(35-28)19-14-20(16-32-15-19)34-26(41)13-18-5-3-2-4-6-18/h7-12,14-16,18H,2-6,13H2,1H3,(H,34,41)(H,38,39)(H,33,36,37). The van der Waals surface area contributed by atoms with Crippen LogP contribution in [-0.2, 0) is 4.79 Å². The molecule has 7 rings (SSSR count). The number of pyridine rings is 3. The third-order valence-electron chi connectivity index (χ3n) is 7.76. The summed E-state index contributed by atoms with van der Waals surface area (Å²) in [4.78, 5) is 48.0. The number of anilines is 1. The zero-order valence-electron chi connectivity index (χ0n) is 23.0. The molecule has 3 N–H and O–H groups in total. The Morgan fingerprint density at radius 3 is 2.76 bits per heavy atom. The number of fused-ring (bicyclic) bond motifs is 2. The smallest absolute Gasteiger partial charge is 0.224 e. The van der Waals surface area contributed by atoms with Crippen molar-refractivity contribution in [3.8, 4) is 33.2 Å². The number of hydrogen-bond donors (Lipinski definition) is 3. The Balaban J connectivity index is 1.19. The summed E-state index contributed by atoms with van der Waals surface area (Å²) in [5.41, 5.74) is 6.34. The number of H-pyrrole nitrogens is 2. The average Bonchev–Trinajstić information content (AvgIpc) is 3.75. The summed E-state index contributed by atoms with van der Waals surface area (Å²) in [6.45, 7) is 1.57. The maximum Gasteiger partial charge on any atom is 0.224 e. The van der Waals surface area contributed by atoms with Crippen molar-refractivity contribution in [3.63, 3.8) is 0 Å². The number of Topliss-reactive ketones (excluding diaryl/α,β-unsaturated/α-hetero) is 1. The highest BCUT2D eigenvalue weighted by Gasteiger charge is 2.20. The van der Waals surface area contributed by atoms with E-state index in [-0.39, 0.29) is 11.7 Å². The molecule has 1 amide bonds. The highest BCUT2D eigenvalue weighted by molar-refractivity contribution is 7.17. The number of nitrogens with one attached hydrogen (secondary N) is 3. The lowest BCUT2D eigenvalue weighted by Gasteiger charge is -2.20. The van der Waals surface area contributed by atoms with E-state index in [1.54, 1.807) is 25.5 Å². The first kappa shape index (κ1) is 26.1. The van der Waals surface area contributed by atoms with Crippen LogP contribution in [0.15, 0.2) is 55.0 Å². The summed E-state index contributed by atoms with van der Waals surface area (Å²) >= 11 is 1.44. The van der Waals surface area contributed by atoms with E-state index < -0.39 is 0 Å². The van der Waals surface area contributed by atoms with Crippen molar-refractivity contribution in [1.82, 2.24) is 35.1 Å². The van der Waals surface area contributed by atoms with Gasteiger partial charge in [-0.2, -0.15) is 5.10 Å². The van der Waals surface area contributed by atoms with Gasteiger partial charge in [-0.05, 0) is 62.1 Å². The zero-order valence-corrected chi connectivity index (χ0v) is 23.8. The van der Waals surface area contributed by atoms with Gasteiger partial charge in [0.25, 0.3) is 0 Å². The van der Waals surface area contributed by atoms with Crippen molar-refractivity contribution >= 4 is 50.9 Å². The van der Waals surface area contributed by atoms with Gasteiger partial charge in [-0.1, -0.05) is 19.3 Å². The van der Waals surface area contributed by atoms with Crippen LogP contribution in [0.2, 0.25) is 0 Å². The molecule has 210 valence electrons. The third-order valence-corrected chi connectivity index (χ3v) is 8.98. The number of rotatable bonds is 7. The number of hydrogen-bond acceptors (Lipinski definition) is 8. The summed E-state index contributed by atoms with van der Waals surface area (Å²) in [7, 11) is 0. The first-order chi connectivity index (χ1) is 20.5. The molecular formula is C31H28N8O2S. The minimum atomic E-state index is 0.0271. The number of aromatic nitrogens is 7. The van der Waals surface area contributed by atoms with E-state index >= 15 is 0 Å². The van der Waals surface area contributed by atoms with Gasteiger partial charge in [0.1, 0.15) is 5.52 Å². The lowest BCUT2D eigenvalue weighted by atomic mass is 9.87. The van der Waals surface area contributed by atoms with E-state index in [0.717, 1.165) is 39.9 Å². The predicted octanol–water partition coefficient (Wildman–Crippen LogP) is 6.80. The van der Waals surface area contributed by atoms with E-state index in [0.29, 0.717) is 51.3 Å². The Bertz CT molecular complexity index is 1950. The molecule has 6 aromatic heterocycles. The van der Waals surface area contributed by atoms with E-state index in [4.69, 9.17) is 9.97 Å². The Morgan fingerprint density at radius 1 is 1.05 bits per heavy atom. The number of nitrogens with zero attached hydrogens (tertiary/aromatic N) is 5. The average molecular weight is 577 g/mol. The van der Waals surface area contributed by atoms with Crippen LogP contribution in [0.5, 0.6) is 0 Å². The highest BCUT2D eigenvalue weighted by Crippen LogP contribution is 2.34. The van der Waals surface area contributed by atoms with Gasteiger partial charge in [0.15, 0.2) is 22.9 Å². The molecule has 0 aliphatic heterocycles. The first-order valence-electron chi connectivity index (χ1n) is 14.1. The number of thiophene rings is 1. The van der Waals surface area contributed by atoms with Gasteiger partial charge < -0.3 is 10.3 Å². The second kappa shape index (κ2) is 10.9. The molecule has 0 aromatic carbocycles. The molecule has 0 atom stereocenters. The van der Waals surface area contributed by atoms with Gasteiger partial charge in [0.2, 0.25) is 5.91 Å². The maximum absolute atomic E-state index is 12.7. The molecule has 1 aliphatic rings. The van der Waals surface area contributed by atoms with Crippen LogP contribution in [0.4, 0.5) is 5.69 Å². The summed E-state index contributed by atoms with van der Waals surface area (Å²) in [6, 6.07) is 11.4. The zero-order chi connectivity index (χ0) is 28.6. The number of carbonyl (C=O) groups is 2. The molecule has 0 unspecified atom stereocenters. The van der Waals surface area contributed by atoms with E-state index in [2.05, 4.69) is 30.5 Å². The van der Waals surface area contributed by atoms with E-state index in [1.807, 2.05) is 36.4 Å². The fraction of sp³-hybridized carbons (Fsp3) is 0.258. The normalized spacial score (nSPS) is 14.0. The van der Waals surface area contributed by atoms with Crippen LogP contribution < -0.4 is 5.32 Å². The van der Waals surface area contributed by atoms with Crippen molar-refractivity contribution in [2.24, 2.45) is 5.92 Å². The fourth-order valence-electron chi connectivity index (χ4n) is 5.64. The number of ketones is 1. The number of aromatic amines is 2. The van der Waals surface area contributed by atoms with Crippen LogP contribution in [0.1, 0.15) is 55.1 Å². The fourth-order valence-corrected chi connectivity index (χ4v) is 6.57. The van der Waals surface area contributed by atoms with Gasteiger partial charge in [0.05, 0.1) is 33.5 Å². The van der Waals surface area contributed by atoms with E-state index in [9.17, 15) is 9.59 Å². The highest BCUT2D eigenvalue weighted by atomic mass is 32.1. The molecular weight excluding hydrogens is 548 g/mol. The van der Waals surface area contributed by atoms with Gasteiger partial charge in [0, 0.05) is 34.8 Å². The summed E-state index contributed by atoms with van der Waals surface area (Å²) in [5.74, 6) is 1.06. The largest absolute Gasteiger partial charge is 0.335 e. The van der Waals surface area contributed by atoms with Crippen LogP contribution in [0.3, 0.4) is 0 Å². The van der Waals surface area contributed by atoms with Crippen molar-refractivity contribution in [2.75, 3.05) is 5.32 Å². The van der Waals surface area contributed by atoms with Crippen LogP contribution >= 0.6 is 11.3 Å². The van der Waals surface area contributed by atoms with Gasteiger partial charge >= 0.3 is 0 Å². The topological polar surface area (TPSA) is 142 Å². The van der Waals surface area contributed by atoms with Crippen molar-refractivity contribution in [2.45, 2.75) is 45.4 Å². The Hall–Kier alpha value is -4.77. The molecule has 1 fully saturated rings. The second-order valence-corrected chi connectivity index (χ2v) is 11.8. The molecule has 0 spiro atoms. The molecule has 1 aliphatic carbocycles. The molecule has 42 heavy (non-hydrogen) atoms. The molecule has 10 nitrogen and oxygen atoms in total. The lowest BCUT2D eigenvalue weighted by molar-refractivity contribution is -0.117. The van der Waals surface area contributed by atoms with Gasteiger partial charge in [-0.3, -0.25) is 19.7 Å². The van der Waals surface area contributed by atoms with Gasteiger partial charge in [-0.25, -0.2) is 15.0 Å². The molecule has 1 saturated carbocycles. The molecule has 0 radical (unpaired) electrons. The van der Waals surface area contributed by atoms with Crippen LogP contribution in [0, 0.1) is 5.92 Å². The summed E-state index contributed by atoms with van der Waals surface area (Å²) in [6.07, 6.45) is 11.6. The number of amides is 1. The first-order valence-corrected chi connectivity index (χ1v) is 14.9. The number of imidazole rings is 1. The molecule has 0 bridgehead atoms. The molecule has 11 heteroatoms. The van der Waals surface area contributed by atoms with E-state index in [1.165, 1.54) is 30.6 Å². The van der Waals surface area contributed by atoms with Crippen LogP contribution in [-0.4, -0.2) is 46.8 Å². The Kier molecular flexibility index (Phi) is 6.79. The molecule has 6 aromatic rings. The monoisotopic (exact) mass is 576 g/mol. The summed E-state index contributed by atoms with van der Waals surface area (Å²) in [5, 5.41) is 10.6. The van der Waals surface area contributed by atoms with Crippen molar-refractivity contribution in [1.29, 1.82) is 0 Å². The predicted molar refractivity (Wildman–Crippen MR) is 163 cm³/mol. The SMILES string of the molecule is CC(=O)c1ccc(-c2ccnc3nc(-c4n[nH]c5ccc(-c6cncc(NC(=O)CC7CCCCC7)c6)nc45)[nH]c23)s1. The molecule has 6 heterocycles. The lowest BCUT2D eigenvalue weighted by Crippen LogP contribution is -2.18.